The SMILES string of the molecule is C=Cc1ccc(S(=O)(O)(O)CC(C)(C(=O)OC(C)(C)C)C(=O)c2ccccc2)cc1. The van der Waals surface area contributed by atoms with Crippen molar-refractivity contribution in [2.24, 2.45) is 5.41 Å². The van der Waals surface area contributed by atoms with Crippen molar-refractivity contribution in [3.63, 3.8) is 0 Å². The summed E-state index contributed by atoms with van der Waals surface area (Å²) in [5.41, 5.74) is -2.21. The number of carbonyl (C=O) groups excluding carboxylic acids is 2. The molecule has 1 atom stereocenters. The molecule has 0 saturated carbocycles. The lowest BCUT2D eigenvalue weighted by atomic mass is 9.84. The molecule has 2 aromatic carbocycles. The van der Waals surface area contributed by atoms with Crippen molar-refractivity contribution < 1.29 is 27.6 Å². The quantitative estimate of drug-likeness (QED) is 0.374. The second-order valence-corrected chi connectivity index (χ2v) is 11.3. The first kappa shape index (κ1) is 23.7. The Kier molecular flexibility index (Phi) is 6.24. The topological polar surface area (TPSA) is 101 Å². The van der Waals surface area contributed by atoms with Crippen LogP contribution in [-0.2, 0) is 19.2 Å². The first-order valence-corrected chi connectivity index (χ1v) is 11.4. The molecule has 0 aliphatic heterocycles. The van der Waals surface area contributed by atoms with Crippen molar-refractivity contribution in [1.82, 2.24) is 0 Å². The van der Waals surface area contributed by atoms with Crippen LogP contribution in [0.2, 0.25) is 0 Å². The lowest BCUT2D eigenvalue weighted by Gasteiger charge is -2.39. The Bertz CT molecular complexity index is 1010. The maximum atomic E-state index is 13.3. The molecule has 0 bridgehead atoms. The van der Waals surface area contributed by atoms with Gasteiger partial charge >= 0.3 is 5.97 Å². The summed E-state index contributed by atoms with van der Waals surface area (Å²) in [7, 11) is -5.59. The van der Waals surface area contributed by atoms with E-state index in [-0.39, 0.29) is 10.5 Å². The van der Waals surface area contributed by atoms with E-state index in [0.29, 0.717) is 5.56 Å². The molecule has 0 aliphatic carbocycles. The fraction of sp³-hybridized carbons (Fsp3) is 0.304. The number of Topliss-reactive ketones (excluding diaryl/α,β-unsaturated/α-hetero) is 1. The van der Waals surface area contributed by atoms with E-state index in [1.807, 2.05) is 0 Å². The van der Waals surface area contributed by atoms with Crippen molar-refractivity contribution >= 4 is 27.5 Å². The number of benzene rings is 2. The Morgan fingerprint density at radius 3 is 2.00 bits per heavy atom. The minimum absolute atomic E-state index is 0.163. The Morgan fingerprint density at radius 2 is 1.53 bits per heavy atom. The number of ether oxygens (including phenoxy) is 1. The summed E-state index contributed by atoms with van der Waals surface area (Å²) in [6.45, 7) is 9.70. The van der Waals surface area contributed by atoms with Crippen molar-refractivity contribution in [1.29, 1.82) is 0 Å². The molecule has 0 aliphatic rings. The van der Waals surface area contributed by atoms with Crippen molar-refractivity contribution in [3.05, 3.63) is 72.3 Å². The molecular formula is C23H28O6S. The third kappa shape index (κ3) is 5.30. The van der Waals surface area contributed by atoms with E-state index in [2.05, 4.69) is 6.58 Å². The molecule has 6 nitrogen and oxygen atoms in total. The number of esters is 1. The fourth-order valence-corrected chi connectivity index (χ4v) is 5.14. The maximum Gasteiger partial charge on any atom is 0.321 e. The van der Waals surface area contributed by atoms with E-state index >= 15 is 0 Å². The molecule has 162 valence electrons. The third-order valence-corrected chi connectivity index (χ3v) is 6.84. The average molecular weight is 433 g/mol. The van der Waals surface area contributed by atoms with E-state index in [0.717, 1.165) is 0 Å². The van der Waals surface area contributed by atoms with Gasteiger partial charge in [0, 0.05) is 5.56 Å². The van der Waals surface area contributed by atoms with Gasteiger partial charge in [-0.1, -0.05) is 55.1 Å². The van der Waals surface area contributed by atoms with Crippen LogP contribution in [0.4, 0.5) is 0 Å². The van der Waals surface area contributed by atoms with Crippen molar-refractivity contribution in [3.8, 4) is 0 Å². The number of hydrogen-bond acceptors (Lipinski definition) is 4. The highest BCUT2D eigenvalue weighted by atomic mass is 32.3. The van der Waals surface area contributed by atoms with Crippen LogP contribution in [-0.4, -0.2) is 36.4 Å². The third-order valence-electron chi connectivity index (χ3n) is 4.52. The van der Waals surface area contributed by atoms with Gasteiger partial charge in [0.1, 0.15) is 20.6 Å². The summed E-state index contributed by atoms with van der Waals surface area (Å²) in [6, 6.07) is 13.5. The van der Waals surface area contributed by atoms with E-state index in [4.69, 9.17) is 4.74 Å². The summed E-state index contributed by atoms with van der Waals surface area (Å²) >= 11 is 0. The number of rotatable bonds is 7. The summed E-state index contributed by atoms with van der Waals surface area (Å²) in [4.78, 5) is 26.0. The molecule has 2 aromatic rings. The highest BCUT2D eigenvalue weighted by Crippen LogP contribution is 2.39. The molecule has 2 N–H and O–H groups in total. The van der Waals surface area contributed by atoms with Crippen LogP contribution in [0, 0.1) is 5.41 Å². The largest absolute Gasteiger partial charge is 0.459 e. The molecule has 0 radical (unpaired) electrons. The Balaban J connectivity index is 2.58. The van der Waals surface area contributed by atoms with Gasteiger partial charge < -0.3 is 13.8 Å². The minimum atomic E-state index is -5.59. The monoisotopic (exact) mass is 432 g/mol. The van der Waals surface area contributed by atoms with Crippen molar-refractivity contribution in [2.75, 3.05) is 5.75 Å². The van der Waals surface area contributed by atoms with E-state index in [1.54, 1.807) is 45.0 Å². The smallest absolute Gasteiger partial charge is 0.321 e. The molecule has 0 amide bonds. The van der Waals surface area contributed by atoms with Gasteiger partial charge in [-0.2, -0.15) is 0 Å². The van der Waals surface area contributed by atoms with Gasteiger partial charge in [-0.05, 0) is 45.4 Å². The predicted octanol–water partition coefficient (Wildman–Crippen LogP) is 4.69. The molecular weight excluding hydrogens is 404 g/mol. The van der Waals surface area contributed by atoms with Crippen LogP contribution in [0.3, 0.4) is 0 Å². The van der Waals surface area contributed by atoms with Crippen LogP contribution in [0.1, 0.15) is 43.6 Å². The van der Waals surface area contributed by atoms with Crippen LogP contribution in [0.15, 0.2) is 66.1 Å². The summed E-state index contributed by atoms with van der Waals surface area (Å²) < 4.78 is 40.4. The number of carbonyl (C=O) groups is 2. The Morgan fingerprint density at radius 1 is 1.00 bits per heavy atom. The van der Waals surface area contributed by atoms with Crippen LogP contribution < -0.4 is 0 Å². The Hall–Kier alpha value is -2.61. The van der Waals surface area contributed by atoms with Gasteiger partial charge in [0.15, 0.2) is 5.78 Å². The van der Waals surface area contributed by atoms with E-state index in [1.165, 1.54) is 43.3 Å². The predicted molar refractivity (Wildman–Crippen MR) is 118 cm³/mol. The highest BCUT2D eigenvalue weighted by Gasteiger charge is 2.52. The second-order valence-electron chi connectivity index (χ2n) is 8.46. The molecule has 0 saturated heterocycles. The first-order valence-electron chi connectivity index (χ1n) is 9.37. The summed E-state index contributed by atoms with van der Waals surface area (Å²) in [5.74, 6) is -2.75. The zero-order valence-corrected chi connectivity index (χ0v) is 18.4. The molecule has 0 fully saturated rings. The highest BCUT2D eigenvalue weighted by molar-refractivity contribution is 8.10. The first-order chi connectivity index (χ1) is 13.7. The standard InChI is InChI=1S/C23H28O6S/c1-6-17-12-14-19(15-13-17)30(26,27,28)16-23(5,21(25)29-22(2,3)4)20(24)18-10-8-7-9-11-18/h6-15H,1,16H2,2-5H3,(H2,26,27,28). The van der Waals surface area contributed by atoms with Gasteiger partial charge in [-0.3, -0.25) is 9.59 Å². The van der Waals surface area contributed by atoms with Gasteiger partial charge in [0.2, 0.25) is 0 Å². The molecule has 7 heteroatoms. The maximum absolute atomic E-state index is 13.3. The van der Waals surface area contributed by atoms with Crippen LogP contribution >= 0.6 is 0 Å². The van der Waals surface area contributed by atoms with Gasteiger partial charge in [-0.15, -0.1) is 0 Å². The molecule has 1 unspecified atom stereocenters. The summed E-state index contributed by atoms with van der Waals surface area (Å²) in [5, 5.41) is 0. The lowest BCUT2D eigenvalue weighted by molar-refractivity contribution is -0.162. The zero-order valence-electron chi connectivity index (χ0n) is 17.6. The molecule has 30 heavy (non-hydrogen) atoms. The van der Waals surface area contributed by atoms with E-state index < -0.39 is 38.1 Å². The molecule has 0 spiro atoms. The molecule has 2 rings (SSSR count). The molecule has 0 heterocycles. The lowest BCUT2D eigenvalue weighted by Crippen LogP contribution is -2.52. The second kappa shape index (κ2) is 7.91. The van der Waals surface area contributed by atoms with Gasteiger partial charge in [0.25, 0.3) is 0 Å². The zero-order chi connectivity index (χ0) is 22.8. The summed E-state index contributed by atoms with van der Waals surface area (Å²) in [6.07, 6.45) is 1.54. The van der Waals surface area contributed by atoms with Crippen LogP contribution in [0.5, 0.6) is 0 Å². The van der Waals surface area contributed by atoms with E-state index in [9.17, 15) is 22.9 Å². The van der Waals surface area contributed by atoms with Crippen LogP contribution in [0.25, 0.3) is 6.08 Å². The number of hydrogen-bond donors (Lipinski definition) is 2. The van der Waals surface area contributed by atoms with Gasteiger partial charge in [0.05, 0.1) is 10.6 Å². The fourth-order valence-electron chi connectivity index (χ4n) is 3.00. The average Bonchev–Trinajstić information content (AvgIpc) is 2.66. The number of ketones is 1. The van der Waals surface area contributed by atoms with Gasteiger partial charge in [-0.25, -0.2) is 4.21 Å². The van der Waals surface area contributed by atoms with Crippen molar-refractivity contribution in [2.45, 2.75) is 38.2 Å². The normalized spacial score (nSPS) is 15.3. The Labute approximate surface area is 177 Å². The minimum Gasteiger partial charge on any atom is -0.459 e. The molecule has 0 aromatic heterocycles.